The number of rotatable bonds is 16. The average Bonchev–Trinajstić information content (AvgIpc) is 3.28. The van der Waals surface area contributed by atoms with Gasteiger partial charge in [0.15, 0.2) is 5.82 Å². The third kappa shape index (κ3) is 12.8. The van der Waals surface area contributed by atoms with E-state index in [0.29, 0.717) is 56.6 Å². The number of fused-ring (bicyclic) bond motifs is 5. The highest BCUT2D eigenvalue weighted by atomic mass is 16.5. The number of carbonyl (C=O) groups excluding carboxylic acids is 5. The number of carbonyl (C=O) groups is 5. The molecule has 19 nitrogen and oxygen atoms in total. The summed E-state index contributed by atoms with van der Waals surface area (Å²) in [5, 5.41) is 19.8. The number of amides is 5. The molecule has 4 unspecified atom stereocenters. The molecular weight excluding hydrogens is 847 g/mol. The molecule has 4 atom stereocenters. The van der Waals surface area contributed by atoms with Gasteiger partial charge in [-0.05, 0) is 107 Å². The molecule has 350 valence electrons. The van der Waals surface area contributed by atoms with Crippen LogP contribution in [0.4, 0.5) is 0 Å². The molecule has 1 aliphatic heterocycles. The summed E-state index contributed by atoms with van der Waals surface area (Å²) in [6, 6.07) is 14.2. The molecule has 0 spiro atoms. The van der Waals surface area contributed by atoms with Crippen LogP contribution in [-0.4, -0.2) is 115 Å². The number of nitrogens with one attached hydrogen (secondary N) is 4. The third-order valence-corrected chi connectivity index (χ3v) is 10.4. The van der Waals surface area contributed by atoms with Crippen LogP contribution < -0.4 is 52.7 Å². The van der Waals surface area contributed by atoms with Crippen LogP contribution in [0.1, 0.15) is 67.3 Å². The molecule has 0 aliphatic carbocycles. The lowest BCUT2D eigenvalue weighted by atomic mass is 9.93. The lowest BCUT2D eigenvalue weighted by Gasteiger charge is -2.32. The second-order valence-electron chi connectivity index (χ2n) is 16.6. The highest BCUT2D eigenvalue weighted by Gasteiger charge is 2.36. The van der Waals surface area contributed by atoms with Crippen molar-refractivity contribution < 1.29 is 38.2 Å². The second-order valence-corrected chi connectivity index (χ2v) is 16.6. The van der Waals surface area contributed by atoms with Gasteiger partial charge >= 0.3 is 0 Å². The first-order valence-corrected chi connectivity index (χ1v) is 21.6. The third-order valence-electron chi connectivity index (χ3n) is 10.4. The predicted octanol–water partition coefficient (Wildman–Crippen LogP) is 1.80. The van der Waals surface area contributed by atoms with Crippen molar-refractivity contribution in [2.24, 2.45) is 17.2 Å². The number of benzene rings is 3. The number of nitrogens with two attached hydrogens (primary N) is 3. The highest BCUT2D eigenvalue weighted by molar-refractivity contribution is 6.00. The van der Waals surface area contributed by atoms with Crippen molar-refractivity contribution in [2.45, 2.75) is 77.2 Å². The quantitative estimate of drug-likeness (QED) is 0.0790. The Bertz CT molecular complexity index is 2430. The molecule has 5 rings (SSSR count). The molecule has 2 heterocycles. The molecule has 0 fully saturated rings. The topological polar surface area (TPSA) is 292 Å². The largest absolute Gasteiger partial charge is 0.492 e. The summed E-state index contributed by atoms with van der Waals surface area (Å²) < 4.78 is 18.1. The molecule has 5 amide bonds. The maximum absolute atomic E-state index is 14.6. The maximum atomic E-state index is 14.6. The van der Waals surface area contributed by atoms with E-state index in [0.717, 1.165) is 0 Å². The van der Waals surface area contributed by atoms with Gasteiger partial charge < -0.3 is 57.6 Å². The Balaban J connectivity index is 1.54. The molecule has 4 bridgehead atoms. The zero-order valence-electron chi connectivity index (χ0n) is 38.1. The number of ether oxygens (including phenoxy) is 3. The SMILES string of the molecule is Cc1nc(-c2ccc(OC(C)(C)C)cc2)ncc1C(=O)NC(CCN)C(=O)N(C)C1C(=O)NC(C)C(=O)NC(C(=O)NCC#N)Cc2ccc(OCCN)c(c2)-c2cc1ccc2OCCN. The molecule has 0 saturated heterocycles. The summed E-state index contributed by atoms with van der Waals surface area (Å²) in [6.45, 7) is 9.28. The van der Waals surface area contributed by atoms with Crippen molar-refractivity contribution in [1.29, 1.82) is 5.26 Å². The van der Waals surface area contributed by atoms with Gasteiger partial charge in [0.2, 0.25) is 23.6 Å². The number of likely N-dealkylation sites (N-methyl/N-ethyl adjacent to an activating group) is 1. The van der Waals surface area contributed by atoms with Gasteiger partial charge in [0.1, 0.15) is 66.8 Å². The van der Waals surface area contributed by atoms with Crippen LogP contribution in [0.3, 0.4) is 0 Å². The Morgan fingerprint density at radius 1 is 0.924 bits per heavy atom. The van der Waals surface area contributed by atoms with Crippen LogP contribution in [0.2, 0.25) is 0 Å². The summed E-state index contributed by atoms with van der Waals surface area (Å²) in [4.78, 5) is 80.3. The van der Waals surface area contributed by atoms with E-state index in [1.165, 1.54) is 25.1 Å². The molecule has 0 radical (unpaired) electrons. The highest BCUT2D eigenvalue weighted by Crippen LogP contribution is 2.40. The standard InChI is InChI=1S/C47H59N11O8/c1-27-35(26-53-41(54-27)30-8-11-32(12-9-30)66-47(3,4)5)43(60)56-36(15-16-48)46(63)58(6)40-31-10-14-39(65-22-19-51)34(25-31)33-23-29(7-13-38(33)64-21-18-50)24-37(44(61)52-20-17-49)57-42(59)28(2)55-45(40)62/h7-14,23,25-26,28,36-37,40H,15-16,18-22,24,48,50-51H2,1-6H3,(H,52,61)(H,55,62)(H,56,60)(H,57,59). The van der Waals surface area contributed by atoms with Gasteiger partial charge in [-0.2, -0.15) is 5.26 Å². The molecule has 1 aromatic heterocycles. The van der Waals surface area contributed by atoms with E-state index >= 15 is 0 Å². The molecule has 0 saturated carbocycles. The molecule has 66 heavy (non-hydrogen) atoms. The minimum atomic E-state index is -1.41. The van der Waals surface area contributed by atoms with Gasteiger partial charge in [0, 0.05) is 49.4 Å². The van der Waals surface area contributed by atoms with Gasteiger partial charge in [-0.25, -0.2) is 9.97 Å². The second kappa shape index (κ2) is 22.7. The van der Waals surface area contributed by atoms with Crippen molar-refractivity contribution >= 4 is 29.5 Å². The first-order valence-electron chi connectivity index (χ1n) is 21.6. The zero-order chi connectivity index (χ0) is 48.1. The van der Waals surface area contributed by atoms with E-state index in [-0.39, 0.29) is 63.4 Å². The van der Waals surface area contributed by atoms with Crippen LogP contribution >= 0.6 is 0 Å². The fraction of sp³-hybridized carbons (Fsp3) is 0.404. The van der Waals surface area contributed by atoms with Crippen LogP contribution in [0.5, 0.6) is 17.2 Å². The Hall–Kier alpha value is -7.14. The molecule has 3 aromatic carbocycles. The summed E-state index contributed by atoms with van der Waals surface area (Å²) >= 11 is 0. The van der Waals surface area contributed by atoms with E-state index < -0.39 is 53.7 Å². The maximum Gasteiger partial charge on any atom is 0.255 e. The van der Waals surface area contributed by atoms with E-state index in [1.807, 2.05) is 51.1 Å². The smallest absolute Gasteiger partial charge is 0.255 e. The van der Waals surface area contributed by atoms with Gasteiger partial charge in [-0.1, -0.05) is 12.1 Å². The van der Waals surface area contributed by atoms with Gasteiger partial charge in [-0.15, -0.1) is 0 Å². The summed E-state index contributed by atoms with van der Waals surface area (Å²) in [5.74, 6) is -1.59. The predicted molar refractivity (Wildman–Crippen MR) is 246 cm³/mol. The number of nitrogens with zero attached hydrogens (tertiary/aromatic N) is 4. The van der Waals surface area contributed by atoms with E-state index in [2.05, 4.69) is 31.2 Å². The van der Waals surface area contributed by atoms with Crippen molar-refractivity contribution in [3.63, 3.8) is 0 Å². The Labute approximate surface area is 384 Å². The Morgan fingerprint density at radius 3 is 2.18 bits per heavy atom. The van der Waals surface area contributed by atoms with Gasteiger partial charge in [0.05, 0.1) is 17.3 Å². The molecule has 4 aromatic rings. The molecule has 19 heteroatoms. The molecule has 1 aliphatic rings. The van der Waals surface area contributed by atoms with Crippen LogP contribution in [0.15, 0.2) is 66.9 Å². The Kier molecular flexibility index (Phi) is 17.1. The van der Waals surface area contributed by atoms with E-state index in [9.17, 15) is 24.0 Å². The van der Waals surface area contributed by atoms with Crippen LogP contribution in [0, 0.1) is 18.3 Å². The van der Waals surface area contributed by atoms with Crippen molar-refractivity contribution in [3.05, 3.63) is 89.2 Å². The summed E-state index contributed by atoms with van der Waals surface area (Å²) in [5.41, 5.74) is 20.3. The lowest BCUT2D eigenvalue weighted by molar-refractivity contribution is -0.141. The van der Waals surface area contributed by atoms with Crippen molar-refractivity contribution in [1.82, 2.24) is 36.1 Å². The molecular formula is C47H59N11O8. The lowest BCUT2D eigenvalue weighted by Crippen LogP contribution is -2.56. The summed E-state index contributed by atoms with van der Waals surface area (Å²) in [6.07, 6.45) is 1.37. The number of aromatic nitrogens is 2. The van der Waals surface area contributed by atoms with E-state index in [1.54, 1.807) is 43.3 Å². The number of nitriles is 1. The van der Waals surface area contributed by atoms with Crippen molar-refractivity contribution in [2.75, 3.05) is 46.4 Å². The van der Waals surface area contributed by atoms with Crippen LogP contribution in [0.25, 0.3) is 22.5 Å². The van der Waals surface area contributed by atoms with Crippen molar-refractivity contribution in [3.8, 4) is 45.8 Å². The first-order chi connectivity index (χ1) is 31.5. The number of hydrogen-bond acceptors (Lipinski definition) is 14. The average molecular weight is 906 g/mol. The monoisotopic (exact) mass is 905 g/mol. The molecule has 10 N–H and O–H groups in total. The van der Waals surface area contributed by atoms with Crippen LogP contribution in [-0.2, 0) is 25.6 Å². The minimum Gasteiger partial charge on any atom is -0.492 e. The zero-order valence-corrected chi connectivity index (χ0v) is 38.1. The normalized spacial score (nSPS) is 16.6. The number of hydrogen-bond donors (Lipinski definition) is 7. The summed E-state index contributed by atoms with van der Waals surface area (Å²) in [7, 11) is 1.40. The van der Waals surface area contributed by atoms with Gasteiger partial charge in [-0.3, -0.25) is 24.0 Å². The Morgan fingerprint density at radius 2 is 1.58 bits per heavy atom. The first kappa shape index (κ1) is 49.9. The number of aryl methyl sites for hydroxylation is 1. The van der Waals surface area contributed by atoms with Gasteiger partial charge in [0.25, 0.3) is 5.91 Å². The fourth-order valence-electron chi connectivity index (χ4n) is 7.22. The fourth-order valence-corrected chi connectivity index (χ4v) is 7.22. The minimum absolute atomic E-state index is 0.00208. The van der Waals surface area contributed by atoms with E-state index in [4.69, 9.17) is 36.7 Å².